The number of hydrogen-bond acceptors (Lipinski definition) is 3. The summed E-state index contributed by atoms with van der Waals surface area (Å²) in [5, 5.41) is 7.80. The zero-order valence-electron chi connectivity index (χ0n) is 11.8. The van der Waals surface area contributed by atoms with Crippen LogP contribution in [0.4, 0.5) is 0 Å². The predicted octanol–water partition coefficient (Wildman–Crippen LogP) is 2.57. The standard InChI is InChI=1S/C13H24BrN3O/c1-5-15-7-6-13(2,3)12-11(14)10-16-17(12)8-9-18-4/h10,15H,5-9H2,1-4H3. The van der Waals surface area contributed by atoms with Crippen LogP contribution in [0.25, 0.3) is 0 Å². The Morgan fingerprint density at radius 3 is 2.83 bits per heavy atom. The maximum atomic E-state index is 5.13. The van der Waals surface area contributed by atoms with Gasteiger partial charge in [0.15, 0.2) is 0 Å². The molecule has 1 heterocycles. The van der Waals surface area contributed by atoms with Gasteiger partial charge in [-0.2, -0.15) is 5.10 Å². The van der Waals surface area contributed by atoms with E-state index in [0.717, 1.165) is 30.5 Å². The fourth-order valence-electron chi connectivity index (χ4n) is 2.08. The molecule has 0 amide bonds. The average molecular weight is 318 g/mol. The third kappa shape index (κ3) is 4.07. The summed E-state index contributed by atoms with van der Waals surface area (Å²) in [5.74, 6) is 0. The smallest absolute Gasteiger partial charge is 0.0659 e. The number of methoxy groups -OCH3 is 1. The molecule has 1 aromatic heterocycles. The molecular weight excluding hydrogens is 294 g/mol. The quantitative estimate of drug-likeness (QED) is 0.749. The summed E-state index contributed by atoms with van der Waals surface area (Å²) in [6, 6.07) is 0. The third-order valence-corrected chi connectivity index (χ3v) is 3.70. The molecule has 0 unspecified atom stereocenters. The predicted molar refractivity (Wildman–Crippen MR) is 78.0 cm³/mol. The van der Waals surface area contributed by atoms with Crippen molar-refractivity contribution >= 4 is 15.9 Å². The molecule has 0 aliphatic heterocycles. The molecule has 1 aromatic rings. The number of ether oxygens (including phenoxy) is 1. The maximum Gasteiger partial charge on any atom is 0.0659 e. The lowest BCUT2D eigenvalue weighted by molar-refractivity contribution is 0.180. The first-order valence-corrected chi connectivity index (χ1v) is 7.23. The fourth-order valence-corrected chi connectivity index (χ4v) is 2.91. The molecule has 1 N–H and O–H groups in total. The lowest BCUT2D eigenvalue weighted by atomic mass is 9.85. The van der Waals surface area contributed by atoms with Gasteiger partial charge in [0.2, 0.25) is 0 Å². The molecule has 0 bridgehead atoms. The van der Waals surface area contributed by atoms with Crippen molar-refractivity contribution in [2.24, 2.45) is 0 Å². The summed E-state index contributed by atoms with van der Waals surface area (Å²) in [4.78, 5) is 0. The number of hydrogen-bond donors (Lipinski definition) is 1. The molecule has 0 radical (unpaired) electrons. The highest BCUT2D eigenvalue weighted by Crippen LogP contribution is 2.32. The van der Waals surface area contributed by atoms with E-state index in [1.165, 1.54) is 5.69 Å². The van der Waals surface area contributed by atoms with Crippen molar-refractivity contribution in [3.05, 3.63) is 16.4 Å². The molecular formula is C13H24BrN3O. The van der Waals surface area contributed by atoms with Crippen molar-refractivity contribution in [1.29, 1.82) is 0 Å². The van der Waals surface area contributed by atoms with Gasteiger partial charge in [-0.3, -0.25) is 4.68 Å². The monoisotopic (exact) mass is 317 g/mol. The van der Waals surface area contributed by atoms with Crippen LogP contribution in [0, 0.1) is 0 Å². The minimum atomic E-state index is 0.0885. The highest BCUT2D eigenvalue weighted by atomic mass is 79.9. The van der Waals surface area contributed by atoms with E-state index in [2.05, 4.69) is 47.1 Å². The highest BCUT2D eigenvalue weighted by molar-refractivity contribution is 9.10. The number of rotatable bonds is 8. The summed E-state index contributed by atoms with van der Waals surface area (Å²) in [5.41, 5.74) is 1.34. The van der Waals surface area contributed by atoms with E-state index in [4.69, 9.17) is 4.74 Å². The molecule has 0 saturated carbocycles. The normalized spacial score (nSPS) is 12.1. The van der Waals surface area contributed by atoms with Crippen LogP contribution in [0.5, 0.6) is 0 Å². The van der Waals surface area contributed by atoms with Gasteiger partial charge in [0.1, 0.15) is 0 Å². The minimum absolute atomic E-state index is 0.0885. The Bertz CT molecular complexity index is 363. The summed E-state index contributed by atoms with van der Waals surface area (Å²) in [7, 11) is 1.72. The van der Waals surface area contributed by atoms with Gasteiger partial charge in [-0.1, -0.05) is 20.8 Å². The summed E-state index contributed by atoms with van der Waals surface area (Å²) in [6.07, 6.45) is 2.96. The van der Waals surface area contributed by atoms with Crippen LogP contribution >= 0.6 is 15.9 Å². The van der Waals surface area contributed by atoms with Crippen molar-refractivity contribution in [3.63, 3.8) is 0 Å². The Balaban J connectivity index is 2.81. The van der Waals surface area contributed by atoms with Crippen LogP contribution in [0.1, 0.15) is 32.9 Å². The van der Waals surface area contributed by atoms with Gasteiger partial charge in [-0.15, -0.1) is 0 Å². The largest absolute Gasteiger partial charge is 0.383 e. The Morgan fingerprint density at radius 1 is 1.50 bits per heavy atom. The third-order valence-electron chi connectivity index (χ3n) is 3.12. The van der Waals surface area contributed by atoms with Gasteiger partial charge >= 0.3 is 0 Å². The van der Waals surface area contributed by atoms with E-state index in [-0.39, 0.29) is 5.41 Å². The number of nitrogens with one attached hydrogen (secondary N) is 1. The minimum Gasteiger partial charge on any atom is -0.383 e. The van der Waals surface area contributed by atoms with E-state index in [0.29, 0.717) is 6.61 Å². The second kappa shape index (κ2) is 7.26. The van der Waals surface area contributed by atoms with Crippen LogP contribution in [0.15, 0.2) is 10.7 Å². The van der Waals surface area contributed by atoms with Crippen LogP contribution in [0.2, 0.25) is 0 Å². The number of halogens is 1. The van der Waals surface area contributed by atoms with Crippen molar-refractivity contribution in [2.45, 2.75) is 39.2 Å². The molecule has 0 fully saturated rings. The Labute approximate surface area is 118 Å². The molecule has 0 saturated heterocycles. The molecule has 0 aliphatic carbocycles. The Morgan fingerprint density at radius 2 is 2.22 bits per heavy atom. The Kier molecular flexibility index (Phi) is 6.32. The van der Waals surface area contributed by atoms with Gasteiger partial charge < -0.3 is 10.1 Å². The second-order valence-electron chi connectivity index (χ2n) is 5.04. The topological polar surface area (TPSA) is 39.1 Å². The van der Waals surface area contributed by atoms with Crippen LogP contribution < -0.4 is 5.32 Å². The van der Waals surface area contributed by atoms with Gasteiger partial charge in [0.05, 0.1) is 29.5 Å². The fraction of sp³-hybridized carbons (Fsp3) is 0.769. The molecule has 0 spiro atoms. The van der Waals surface area contributed by atoms with Gasteiger partial charge in [0, 0.05) is 12.5 Å². The van der Waals surface area contributed by atoms with E-state index >= 15 is 0 Å². The van der Waals surface area contributed by atoms with E-state index in [9.17, 15) is 0 Å². The average Bonchev–Trinajstić information content (AvgIpc) is 2.68. The maximum absolute atomic E-state index is 5.13. The molecule has 0 aromatic carbocycles. The lowest BCUT2D eigenvalue weighted by Crippen LogP contribution is -2.29. The summed E-state index contributed by atoms with van der Waals surface area (Å²) < 4.78 is 8.26. The first-order chi connectivity index (χ1) is 8.53. The van der Waals surface area contributed by atoms with E-state index < -0.39 is 0 Å². The van der Waals surface area contributed by atoms with Crippen molar-refractivity contribution in [2.75, 3.05) is 26.8 Å². The van der Waals surface area contributed by atoms with Crippen LogP contribution in [0.3, 0.4) is 0 Å². The lowest BCUT2D eigenvalue weighted by Gasteiger charge is -2.26. The van der Waals surface area contributed by atoms with Crippen LogP contribution in [-0.2, 0) is 16.7 Å². The Hall–Kier alpha value is -0.390. The zero-order valence-corrected chi connectivity index (χ0v) is 13.4. The number of nitrogens with zero attached hydrogens (tertiary/aromatic N) is 2. The van der Waals surface area contributed by atoms with Crippen molar-refractivity contribution in [1.82, 2.24) is 15.1 Å². The summed E-state index contributed by atoms with van der Waals surface area (Å²) >= 11 is 3.61. The van der Waals surface area contributed by atoms with Crippen molar-refractivity contribution < 1.29 is 4.74 Å². The van der Waals surface area contributed by atoms with E-state index in [1.807, 2.05) is 10.9 Å². The highest BCUT2D eigenvalue weighted by Gasteiger charge is 2.27. The first-order valence-electron chi connectivity index (χ1n) is 6.44. The van der Waals surface area contributed by atoms with Crippen LogP contribution in [-0.4, -0.2) is 36.6 Å². The van der Waals surface area contributed by atoms with Crippen molar-refractivity contribution in [3.8, 4) is 0 Å². The molecule has 104 valence electrons. The molecule has 0 aliphatic rings. The van der Waals surface area contributed by atoms with E-state index in [1.54, 1.807) is 7.11 Å². The molecule has 5 heteroatoms. The molecule has 1 rings (SSSR count). The molecule has 4 nitrogen and oxygen atoms in total. The van der Waals surface area contributed by atoms with Gasteiger partial charge in [-0.05, 0) is 35.4 Å². The number of aromatic nitrogens is 2. The van der Waals surface area contributed by atoms with Gasteiger partial charge in [0.25, 0.3) is 0 Å². The zero-order chi connectivity index (χ0) is 13.6. The SMILES string of the molecule is CCNCCC(C)(C)c1c(Br)cnn1CCOC. The van der Waals surface area contributed by atoms with Gasteiger partial charge in [-0.25, -0.2) is 0 Å². The molecule has 0 atom stereocenters. The summed E-state index contributed by atoms with van der Waals surface area (Å²) in [6.45, 7) is 10.2. The molecule has 18 heavy (non-hydrogen) atoms. The second-order valence-corrected chi connectivity index (χ2v) is 5.90. The first kappa shape index (κ1) is 15.7.